The summed E-state index contributed by atoms with van der Waals surface area (Å²) < 4.78 is 48.7. The van der Waals surface area contributed by atoms with Crippen molar-refractivity contribution >= 4 is 17.7 Å². The number of anilines is 1. The maximum absolute atomic E-state index is 12.7. The van der Waals surface area contributed by atoms with Crippen LogP contribution in [0.4, 0.5) is 23.7 Å². The predicted octanol–water partition coefficient (Wildman–Crippen LogP) is 5.42. The first kappa shape index (κ1) is 23.4. The molecule has 1 fully saturated rings. The Morgan fingerprint density at radius 1 is 1.00 bits per heavy atom. The third kappa shape index (κ3) is 5.93. The first-order valence-corrected chi connectivity index (χ1v) is 10.2. The van der Waals surface area contributed by atoms with Crippen molar-refractivity contribution in [2.24, 2.45) is 0 Å². The number of hydrogen-bond acceptors (Lipinski definition) is 5. The summed E-state index contributed by atoms with van der Waals surface area (Å²) in [6.07, 6.45) is -4.13. The fraction of sp³-hybridized carbons (Fsp3) is 0.391. The van der Waals surface area contributed by atoms with Crippen molar-refractivity contribution in [3.63, 3.8) is 0 Å². The molecule has 172 valence electrons. The number of nitrogens with zero attached hydrogens (tertiary/aromatic N) is 2. The minimum absolute atomic E-state index is 0.158. The average molecular weight is 450 g/mol. The van der Waals surface area contributed by atoms with Crippen LogP contribution in [0.25, 0.3) is 0 Å². The second kappa shape index (κ2) is 9.10. The Balaban J connectivity index is 1.66. The lowest BCUT2D eigenvalue weighted by Gasteiger charge is -2.31. The van der Waals surface area contributed by atoms with Crippen molar-refractivity contribution < 1.29 is 32.2 Å². The third-order valence-corrected chi connectivity index (χ3v) is 4.67. The second-order valence-corrected chi connectivity index (χ2v) is 8.40. The molecule has 0 saturated carbocycles. The van der Waals surface area contributed by atoms with E-state index in [1.54, 1.807) is 50.0 Å². The minimum atomic E-state index is -4.42. The van der Waals surface area contributed by atoms with Gasteiger partial charge in [-0.15, -0.1) is 0 Å². The van der Waals surface area contributed by atoms with Crippen LogP contribution < -0.4 is 5.01 Å². The third-order valence-electron chi connectivity index (χ3n) is 4.67. The SMILES string of the molecule is CC(C)(C)OC(=O)N1CCCN1c1cccc(C(=O)OCc2ccc(C(F)(F)F)cc2)c1. The van der Waals surface area contributed by atoms with Crippen molar-refractivity contribution in [2.75, 3.05) is 18.1 Å². The van der Waals surface area contributed by atoms with Gasteiger partial charge in [0.15, 0.2) is 0 Å². The zero-order valence-corrected chi connectivity index (χ0v) is 18.1. The number of amides is 1. The Bertz CT molecular complexity index is 968. The summed E-state index contributed by atoms with van der Waals surface area (Å²) in [5.41, 5.74) is -0.0451. The van der Waals surface area contributed by atoms with Gasteiger partial charge in [0, 0.05) is 13.1 Å². The van der Waals surface area contributed by atoms with Gasteiger partial charge in [0.1, 0.15) is 12.2 Å². The van der Waals surface area contributed by atoms with Crippen LogP contribution in [0.1, 0.15) is 48.7 Å². The Morgan fingerprint density at radius 3 is 2.31 bits per heavy atom. The van der Waals surface area contributed by atoms with Crippen molar-refractivity contribution in [3.05, 3.63) is 65.2 Å². The van der Waals surface area contributed by atoms with Crippen molar-refractivity contribution in [1.82, 2.24) is 5.01 Å². The number of benzene rings is 2. The highest BCUT2D eigenvalue weighted by atomic mass is 19.4. The van der Waals surface area contributed by atoms with E-state index >= 15 is 0 Å². The number of hydrogen-bond donors (Lipinski definition) is 0. The number of carbonyl (C=O) groups excluding carboxylic acids is 2. The molecule has 0 radical (unpaired) electrons. The highest BCUT2D eigenvalue weighted by molar-refractivity contribution is 5.90. The number of rotatable bonds is 4. The van der Waals surface area contributed by atoms with Crippen LogP contribution in [0.2, 0.25) is 0 Å². The normalized spacial score (nSPS) is 14.4. The van der Waals surface area contributed by atoms with Gasteiger partial charge in [-0.3, -0.25) is 5.01 Å². The molecule has 0 spiro atoms. The first-order chi connectivity index (χ1) is 14.9. The molecule has 0 bridgehead atoms. The monoisotopic (exact) mass is 450 g/mol. The van der Waals surface area contributed by atoms with E-state index < -0.39 is 29.4 Å². The number of esters is 1. The molecule has 6 nitrogen and oxygen atoms in total. The second-order valence-electron chi connectivity index (χ2n) is 8.40. The largest absolute Gasteiger partial charge is 0.457 e. The van der Waals surface area contributed by atoms with Crippen LogP contribution in [0, 0.1) is 0 Å². The van der Waals surface area contributed by atoms with E-state index in [0.29, 0.717) is 24.3 Å². The lowest BCUT2D eigenvalue weighted by atomic mass is 10.1. The quantitative estimate of drug-likeness (QED) is 0.582. The predicted molar refractivity (Wildman–Crippen MR) is 112 cm³/mol. The molecular weight excluding hydrogens is 425 g/mol. The van der Waals surface area contributed by atoms with Gasteiger partial charge < -0.3 is 9.47 Å². The van der Waals surface area contributed by atoms with Gasteiger partial charge in [-0.2, -0.15) is 13.2 Å². The highest BCUT2D eigenvalue weighted by Crippen LogP contribution is 2.29. The van der Waals surface area contributed by atoms with Crippen LogP contribution in [0.15, 0.2) is 48.5 Å². The van der Waals surface area contributed by atoms with Crippen molar-refractivity contribution in [2.45, 2.75) is 45.6 Å². The number of alkyl halides is 3. The van der Waals surface area contributed by atoms with E-state index in [4.69, 9.17) is 9.47 Å². The molecule has 0 aromatic heterocycles. The summed E-state index contributed by atoms with van der Waals surface area (Å²) in [5.74, 6) is -0.616. The van der Waals surface area contributed by atoms with Crippen molar-refractivity contribution in [1.29, 1.82) is 0 Å². The standard InChI is InChI=1S/C23H25F3N2O4/c1-22(2,3)32-21(30)28-13-5-12-27(28)19-7-4-6-17(14-19)20(29)31-15-16-8-10-18(11-9-16)23(24,25)26/h4,6-11,14H,5,12-13,15H2,1-3H3. The van der Waals surface area contributed by atoms with Gasteiger partial charge in [-0.25, -0.2) is 14.6 Å². The van der Waals surface area contributed by atoms with Gasteiger partial charge in [0.25, 0.3) is 0 Å². The molecule has 1 aliphatic heterocycles. The summed E-state index contributed by atoms with van der Waals surface area (Å²) in [6.45, 7) is 6.30. The maximum Gasteiger partial charge on any atom is 0.429 e. The summed E-state index contributed by atoms with van der Waals surface area (Å²) in [5, 5.41) is 3.25. The first-order valence-electron chi connectivity index (χ1n) is 10.2. The molecule has 0 atom stereocenters. The molecule has 0 N–H and O–H groups in total. The lowest BCUT2D eigenvalue weighted by molar-refractivity contribution is -0.137. The van der Waals surface area contributed by atoms with E-state index in [0.717, 1.165) is 18.6 Å². The molecule has 1 aliphatic rings. The van der Waals surface area contributed by atoms with Crippen LogP contribution in [-0.2, 0) is 22.3 Å². The highest BCUT2D eigenvalue weighted by Gasteiger charge is 2.31. The molecular formula is C23H25F3N2O4. The Kier molecular flexibility index (Phi) is 6.66. The molecule has 32 heavy (non-hydrogen) atoms. The fourth-order valence-corrected chi connectivity index (χ4v) is 3.20. The molecule has 9 heteroatoms. The van der Waals surface area contributed by atoms with E-state index in [-0.39, 0.29) is 12.2 Å². The van der Waals surface area contributed by atoms with Gasteiger partial charge >= 0.3 is 18.2 Å². The van der Waals surface area contributed by atoms with Crippen LogP contribution in [-0.4, -0.2) is 35.8 Å². The number of carbonyl (C=O) groups is 2. The average Bonchev–Trinajstić information content (AvgIpc) is 3.21. The molecule has 0 aliphatic carbocycles. The topological polar surface area (TPSA) is 59.1 Å². The van der Waals surface area contributed by atoms with Crippen LogP contribution >= 0.6 is 0 Å². The maximum atomic E-state index is 12.7. The summed E-state index contributed by atoms with van der Waals surface area (Å²) >= 11 is 0. The number of halogens is 3. The molecule has 0 unspecified atom stereocenters. The van der Waals surface area contributed by atoms with E-state index in [9.17, 15) is 22.8 Å². The van der Waals surface area contributed by atoms with E-state index in [1.165, 1.54) is 17.1 Å². The summed E-state index contributed by atoms with van der Waals surface area (Å²) in [4.78, 5) is 25.0. The molecule has 2 aromatic rings. The smallest absolute Gasteiger partial charge is 0.429 e. The minimum Gasteiger partial charge on any atom is -0.457 e. The number of hydrazine groups is 1. The lowest BCUT2D eigenvalue weighted by Crippen LogP contribution is -2.44. The molecule has 2 aromatic carbocycles. The Morgan fingerprint density at radius 2 is 1.69 bits per heavy atom. The van der Waals surface area contributed by atoms with Gasteiger partial charge in [0.2, 0.25) is 0 Å². The zero-order valence-electron chi connectivity index (χ0n) is 18.1. The Hall–Kier alpha value is -3.23. The summed E-state index contributed by atoms with van der Waals surface area (Å²) in [6, 6.07) is 11.1. The molecule has 3 rings (SSSR count). The van der Waals surface area contributed by atoms with Crippen molar-refractivity contribution in [3.8, 4) is 0 Å². The van der Waals surface area contributed by atoms with E-state index in [2.05, 4.69) is 0 Å². The van der Waals surface area contributed by atoms with E-state index in [1.807, 2.05) is 0 Å². The van der Waals surface area contributed by atoms with Gasteiger partial charge in [0.05, 0.1) is 16.8 Å². The molecule has 1 amide bonds. The Labute approximate surface area is 184 Å². The van der Waals surface area contributed by atoms with Gasteiger partial charge in [-0.1, -0.05) is 18.2 Å². The molecule has 1 heterocycles. The summed E-state index contributed by atoms with van der Waals surface area (Å²) in [7, 11) is 0. The number of ether oxygens (including phenoxy) is 2. The van der Waals surface area contributed by atoms with Crippen LogP contribution in [0.5, 0.6) is 0 Å². The van der Waals surface area contributed by atoms with Crippen LogP contribution in [0.3, 0.4) is 0 Å². The molecule has 1 saturated heterocycles. The fourth-order valence-electron chi connectivity index (χ4n) is 3.20. The zero-order chi connectivity index (χ0) is 23.5. The van der Waals surface area contributed by atoms with Gasteiger partial charge in [-0.05, 0) is 63.1 Å².